The summed E-state index contributed by atoms with van der Waals surface area (Å²) in [6, 6.07) is 24.3. The molecule has 1 aliphatic rings. The van der Waals surface area contributed by atoms with Crippen LogP contribution in [0.15, 0.2) is 78.0 Å². The molecule has 0 radical (unpaired) electrons. The number of para-hydroxylation sites is 1. The molecule has 4 aromatic rings. The number of thioether (sulfide) groups is 1. The van der Waals surface area contributed by atoms with Gasteiger partial charge in [0, 0.05) is 50.5 Å². The van der Waals surface area contributed by atoms with Gasteiger partial charge in [0.2, 0.25) is 5.91 Å². The van der Waals surface area contributed by atoms with E-state index in [1.165, 1.54) is 11.3 Å². The van der Waals surface area contributed by atoms with Crippen LogP contribution in [-0.2, 0) is 11.2 Å². The molecule has 1 fully saturated rings. The van der Waals surface area contributed by atoms with Crippen molar-refractivity contribution >= 4 is 46.6 Å². The van der Waals surface area contributed by atoms with Crippen molar-refractivity contribution in [2.75, 3.05) is 36.8 Å². The Hall–Kier alpha value is -3.00. The van der Waals surface area contributed by atoms with Crippen molar-refractivity contribution in [2.24, 2.45) is 0 Å². The molecule has 0 bridgehead atoms. The first-order chi connectivity index (χ1) is 19.5. The minimum atomic E-state index is 0.249. The van der Waals surface area contributed by atoms with E-state index in [-0.39, 0.29) is 5.91 Å². The lowest BCUT2D eigenvalue weighted by molar-refractivity contribution is -0.131. The highest BCUT2D eigenvalue weighted by atomic mass is 35.5. The number of aryl methyl sites for hydroxylation is 1. The van der Waals surface area contributed by atoms with E-state index in [0.29, 0.717) is 22.9 Å². The fourth-order valence-corrected chi connectivity index (χ4v) is 6.25. The number of aromatic nitrogens is 3. The van der Waals surface area contributed by atoms with Crippen LogP contribution < -0.4 is 4.90 Å². The molecule has 0 unspecified atom stereocenters. The summed E-state index contributed by atoms with van der Waals surface area (Å²) in [4.78, 5) is 17.3. The third kappa shape index (κ3) is 7.00. The van der Waals surface area contributed by atoms with Crippen molar-refractivity contribution in [3.8, 4) is 5.69 Å². The van der Waals surface area contributed by atoms with Gasteiger partial charge in [-0.25, -0.2) is 0 Å². The molecular weight excluding hydrogens is 561 g/mol. The SMILES string of the molecule is Cc1ccccc1N1CCN(C(=O)CCCCSc2nnc(Cc3ccccc3)n2-c2ccc(Cl)c(Cl)c2)CC1. The topological polar surface area (TPSA) is 54.3 Å². The summed E-state index contributed by atoms with van der Waals surface area (Å²) >= 11 is 14.2. The first-order valence-electron chi connectivity index (χ1n) is 13.6. The highest BCUT2D eigenvalue weighted by Gasteiger charge is 2.22. The minimum Gasteiger partial charge on any atom is -0.368 e. The summed E-state index contributed by atoms with van der Waals surface area (Å²) in [5.74, 6) is 1.93. The number of unbranched alkanes of at least 4 members (excludes halogenated alkanes) is 1. The monoisotopic (exact) mass is 593 g/mol. The predicted molar refractivity (Wildman–Crippen MR) is 165 cm³/mol. The first kappa shape index (κ1) is 28.5. The zero-order valence-electron chi connectivity index (χ0n) is 22.6. The lowest BCUT2D eigenvalue weighted by Crippen LogP contribution is -2.48. The Labute approximate surface area is 250 Å². The van der Waals surface area contributed by atoms with Gasteiger partial charge in [-0.05, 0) is 55.2 Å². The molecule has 1 aliphatic heterocycles. The normalized spacial score (nSPS) is 13.6. The molecule has 0 aliphatic carbocycles. The van der Waals surface area contributed by atoms with Crippen molar-refractivity contribution < 1.29 is 4.79 Å². The molecule has 6 nitrogen and oxygen atoms in total. The van der Waals surface area contributed by atoms with E-state index in [4.69, 9.17) is 23.2 Å². The lowest BCUT2D eigenvalue weighted by atomic mass is 10.1. The predicted octanol–water partition coefficient (Wildman–Crippen LogP) is 7.08. The molecule has 1 saturated heterocycles. The van der Waals surface area contributed by atoms with E-state index in [2.05, 4.69) is 63.0 Å². The quantitative estimate of drug-likeness (QED) is 0.145. The smallest absolute Gasteiger partial charge is 0.222 e. The highest BCUT2D eigenvalue weighted by molar-refractivity contribution is 7.99. The first-order valence-corrected chi connectivity index (χ1v) is 15.4. The lowest BCUT2D eigenvalue weighted by Gasteiger charge is -2.37. The van der Waals surface area contributed by atoms with Gasteiger partial charge in [0.15, 0.2) is 5.16 Å². The van der Waals surface area contributed by atoms with Gasteiger partial charge in [0.1, 0.15) is 5.82 Å². The average Bonchev–Trinajstić information content (AvgIpc) is 3.37. The molecule has 208 valence electrons. The van der Waals surface area contributed by atoms with Gasteiger partial charge in [0.05, 0.1) is 15.7 Å². The number of rotatable bonds is 10. The molecule has 1 aromatic heterocycles. The van der Waals surface area contributed by atoms with E-state index >= 15 is 0 Å². The molecule has 40 heavy (non-hydrogen) atoms. The standard InChI is InChI=1S/C31H33Cl2N5OS/c1-23-9-5-6-12-28(23)36-16-18-37(19-17-36)30(39)13-7-8-20-40-31-35-34-29(21-24-10-3-2-4-11-24)38(31)25-14-15-26(32)27(33)22-25/h2-6,9-12,14-15,22H,7-8,13,16-21H2,1H3. The van der Waals surface area contributed by atoms with Crippen molar-refractivity contribution in [2.45, 2.75) is 37.8 Å². The zero-order valence-corrected chi connectivity index (χ0v) is 24.9. The summed E-state index contributed by atoms with van der Waals surface area (Å²) < 4.78 is 2.05. The Morgan fingerprint density at radius 3 is 2.38 bits per heavy atom. The molecule has 2 heterocycles. The fourth-order valence-electron chi connectivity index (χ4n) is 4.99. The molecule has 1 amide bonds. The second-order valence-electron chi connectivity index (χ2n) is 9.95. The Bertz CT molecular complexity index is 1440. The summed E-state index contributed by atoms with van der Waals surface area (Å²) in [5, 5.41) is 10.8. The van der Waals surface area contributed by atoms with Crippen molar-refractivity contribution in [1.82, 2.24) is 19.7 Å². The number of benzene rings is 3. The van der Waals surface area contributed by atoms with Crippen molar-refractivity contribution in [3.63, 3.8) is 0 Å². The third-order valence-corrected chi connectivity index (χ3v) is 8.93. The Kier molecular flexibility index (Phi) is 9.68. The number of piperazine rings is 1. The maximum absolute atomic E-state index is 12.9. The summed E-state index contributed by atoms with van der Waals surface area (Å²) in [6.07, 6.45) is 2.99. The second kappa shape index (κ2) is 13.6. The van der Waals surface area contributed by atoms with E-state index in [0.717, 1.165) is 67.0 Å². The third-order valence-electron chi connectivity index (χ3n) is 7.17. The number of anilines is 1. The molecular formula is C31H33Cl2N5OS. The van der Waals surface area contributed by atoms with Crippen molar-refractivity contribution in [1.29, 1.82) is 0 Å². The van der Waals surface area contributed by atoms with E-state index in [1.54, 1.807) is 17.8 Å². The zero-order chi connectivity index (χ0) is 27.9. The number of hydrogen-bond acceptors (Lipinski definition) is 5. The molecule has 0 N–H and O–H groups in total. The fraction of sp³-hybridized carbons (Fsp3) is 0.323. The maximum atomic E-state index is 12.9. The Morgan fingerprint density at radius 1 is 0.875 bits per heavy atom. The largest absolute Gasteiger partial charge is 0.368 e. The molecule has 3 aromatic carbocycles. The number of amides is 1. The van der Waals surface area contributed by atoms with E-state index in [1.807, 2.05) is 35.2 Å². The average molecular weight is 595 g/mol. The van der Waals surface area contributed by atoms with Crippen LogP contribution in [0.5, 0.6) is 0 Å². The minimum absolute atomic E-state index is 0.249. The number of halogens is 2. The summed E-state index contributed by atoms with van der Waals surface area (Å²) in [6.45, 7) is 5.45. The van der Waals surface area contributed by atoms with Crippen molar-refractivity contribution in [3.05, 3.63) is 99.8 Å². The molecule has 5 rings (SSSR count). The van der Waals surface area contributed by atoms with Gasteiger partial charge in [-0.2, -0.15) is 0 Å². The summed E-state index contributed by atoms with van der Waals surface area (Å²) in [7, 11) is 0. The van der Waals surface area contributed by atoms with Crippen LogP contribution in [0.4, 0.5) is 5.69 Å². The van der Waals surface area contributed by atoms with Gasteiger partial charge in [-0.15, -0.1) is 10.2 Å². The van der Waals surface area contributed by atoms with Gasteiger partial charge >= 0.3 is 0 Å². The Morgan fingerprint density at radius 2 is 1.62 bits per heavy atom. The summed E-state index contributed by atoms with van der Waals surface area (Å²) in [5.41, 5.74) is 4.59. The van der Waals surface area contributed by atoms with Crippen LogP contribution in [0.3, 0.4) is 0 Å². The van der Waals surface area contributed by atoms with Gasteiger partial charge in [0.25, 0.3) is 0 Å². The number of nitrogens with zero attached hydrogens (tertiary/aromatic N) is 5. The maximum Gasteiger partial charge on any atom is 0.222 e. The van der Waals surface area contributed by atoms with Crippen LogP contribution in [0.2, 0.25) is 10.0 Å². The molecule has 0 spiro atoms. The van der Waals surface area contributed by atoms with Gasteiger partial charge in [-0.1, -0.05) is 83.5 Å². The Balaban J connectivity index is 1.14. The molecule has 9 heteroatoms. The molecule has 0 saturated carbocycles. The van der Waals surface area contributed by atoms with Crippen LogP contribution in [-0.4, -0.2) is 57.5 Å². The van der Waals surface area contributed by atoms with Gasteiger partial charge < -0.3 is 9.80 Å². The van der Waals surface area contributed by atoms with Crippen LogP contribution in [0, 0.1) is 6.92 Å². The highest BCUT2D eigenvalue weighted by Crippen LogP contribution is 2.29. The van der Waals surface area contributed by atoms with Crippen LogP contribution in [0.1, 0.15) is 36.2 Å². The van der Waals surface area contributed by atoms with Crippen LogP contribution in [0.25, 0.3) is 5.69 Å². The second-order valence-corrected chi connectivity index (χ2v) is 11.8. The number of carbonyl (C=O) groups is 1. The number of hydrogen-bond donors (Lipinski definition) is 0. The van der Waals surface area contributed by atoms with E-state index in [9.17, 15) is 4.79 Å². The van der Waals surface area contributed by atoms with E-state index < -0.39 is 0 Å². The van der Waals surface area contributed by atoms with Gasteiger partial charge in [-0.3, -0.25) is 9.36 Å². The number of carbonyl (C=O) groups excluding carboxylic acids is 1. The molecule has 0 atom stereocenters. The van der Waals surface area contributed by atoms with Crippen LogP contribution >= 0.6 is 35.0 Å².